The minimum atomic E-state index is -1.02. The Labute approximate surface area is 220 Å². The average molecular weight is 529 g/mol. The van der Waals surface area contributed by atoms with Gasteiger partial charge in [-0.2, -0.15) is 0 Å². The van der Waals surface area contributed by atoms with Crippen LogP contribution in [0.3, 0.4) is 0 Å². The smallest absolute Gasteiger partial charge is 0.342 e. The normalized spacial score (nSPS) is 23.6. The van der Waals surface area contributed by atoms with E-state index in [2.05, 4.69) is 15.3 Å². The molecule has 0 radical (unpaired) electrons. The van der Waals surface area contributed by atoms with Crippen LogP contribution in [0.5, 0.6) is 5.75 Å². The molecule has 1 heterocycles. The number of hydrogen-bond acceptors (Lipinski definition) is 10. The van der Waals surface area contributed by atoms with E-state index in [0.717, 1.165) is 0 Å². The number of benzene rings is 1. The van der Waals surface area contributed by atoms with Crippen LogP contribution in [0.4, 0.5) is 0 Å². The Balaban J connectivity index is 2.28. The third-order valence-electron chi connectivity index (χ3n) is 5.32. The van der Waals surface area contributed by atoms with Gasteiger partial charge in [0.2, 0.25) is 5.91 Å². The standard InChI is InChI=1S/C27H32N2O9/c1-18-10-11-19-6-3-8-23(32)26(19)27(35)38-20(7-4-14-28-24(33)9-5-15-29-36-2)16-25(34)37-21(17-30)12-13-22(18)31/h3-6,8-10,12-15,20-22,30-32H,7,11,16-17H2,1-2H3,(H,28,33)/b9-5-,13-12+,14-4+,18-10-,29-15-. The molecule has 0 saturated carbocycles. The van der Waals surface area contributed by atoms with Crippen molar-refractivity contribution < 1.29 is 44.0 Å². The molecule has 0 aliphatic carbocycles. The van der Waals surface area contributed by atoms with Gasteiger partial charge in [-0.3, -0.25) is 9.59 Å². The predicted octanol–water partition coefficient (Wildman–Crippen LogP) is 1.84. The van der Waals surface area contributed by atoms with Crippen LogP contribution in [0.2, 0.25) is 0 Å². The van der Waals surface area contributed by atoms with Crippen molar-refractivity contribution in [3.63, 3.8) is 0 Å². The number of aliphatic hydroxyl groups excluding tert-OH is 2. The molecule has 0 spiro atoms. The molecule has 204 valence electrons. The lowest BCUT2D eigenvalue weighted by atomic mass is 10.0. The minimum Gasteiger partial charge on any atom is -0.507 e. The van der Waals surface area contributed by atoms with Gasteiger partial charge in [-0.05, 0) is 42.7 Å². The number of rotatable bonds is 7. The molecular formula is C27H32N2O9. The average Bonchev–Trinajstić information content (AvgIpc) is 2.89. The number of phenolic OH excluding ortho intramolecular Hbond substituents is 1. The Morgan fingerprint density at radius 3 is 2.79 bits per heavy atom. The van der Waals surface area contributed by atoms with Crippen LogP contribution in [0.1, 0.15) is 35.7 Å². The van der Waals surface area contributed by atoms with Crippen molar-refractivity contribution in [1.29, 1.82) is 0 Å². The molecule has 38 heavy (non-hydrogen) atoms. The third-order valence-corrected chi connectivity index (χ3v) is 5.32. The van der Waals surface area contributed by atoms with E-state index in [1.54, 1.807) is 25.1 Å². The number of phenols is 1. The molecule has 0 aromatic heterocycles. The summed E-state index contributed by atoms with van der Waals surface area (Å²) in [5.41, 5.74) is 0.942. The van der Waals surface area contributed by atoms with Crippen LogP contribution in [0.15, 0.2) is 71.6 Å². The van der Waals surface area contributed by atoms with Crippen molar-refractivity contribution in [1.82, 2.24) is 5.32 Å². The van der Waals surface area contributed by atoms with Gasteiger partial charge in [0.25, 0.3) is 0 Å². The molecule has 1 aliphatic heterocycles. The molecule has 11 heteroatoms. The van der Waals surface area contributed by atoms with Crippen molar-refractivity contribution >= 4 is 24.1 Å². The number of carbonyl (C=O) groups is 3. The fourth-order valence-corrected chi connectivity index (χ4v) is 3.32. The largest absolute Gasteiger partial charge is 0.507 e. The molecule has 4 N–H and O–H groups in total. The third kappa shape index (κ3) is 10.0. The monoisotopic (exact) mass is 528 g/mol. The van der Waals surface area contributed by atoms with E-state index in [1.807, 2.05) is 0 Å². The van der Waals surface area contributed by atoms with E-state index >= 15 is 0 Å². The molecule has 3 atom stereocenters. The van der Waals surface area contributed by atoms with Gasteiger partial charge in [-0.1, -0.05) is 35.5 Å². The van der Waals surface area contributed by atoms with Gasteiger partial charge in [-0.15, -0.1) is 0 Å². The van der Waals surface area contributed by atoms with Gasteiger partial charge in [0.05, 0.1) is 25.3 Å². The second-order valence-electron chi connectivity index (χ2n) is 8.18. The lowest BCUT2D eigenvalue weighted by Gasteiger charge is -2.19. The van der Waals surface area contributed by atoms with E-state index in [-0.39, 0.29) is 30.6 Å². The van der Waals surface area contributed by atoms with Crippen molar-refractivity contribution in [3.8, 4) is 5.75 Å². The first kappa shape index (κ1) is 30.0. The van der Waals surface area contributed by atoms with E-state index in [4.69, 9.17) is 9.47 Å². The highest BCUT2D eigenvalue weighted by molar-refractivity contribution is 5.94. The lowest BCUT2D eigenvalue weighted by molar-refractivity contribution is -0.150. The van der Waals surface area contributed by atoms with Crippen LogP contribution in [0, 0.1) is 0 Å². The number of nitrogens with zero attached hydrogens (tertiary/aromatic N) is 1. The number of esters is 2. The fraction of sp³-hybridized carbons (Fsp3) is 0.333. The number of nitrogens with one attached hydrogen (secondary N) is 1. The Bertz CT molecular complexity index is 1120. The van der Waals surface area contributed by atoms with Gasteiger partial charge in [0.15, 0.2) is 0 Å². The number of aromatic hydroxyl groups is 1. The highest BCUT2D eigenvalue weighted by atomic mass is 16.6. The topological polar surface area (TPSA) is 164 Å². The zero-order chi connectivity index (χ0) is 27.9. The van der Waals surface area contributed by atoms with Crippen LogP contribution in [-0.4, -0.2) is 71.4 Å². The van der Waals surface area contributed by atoms with Crippen molar-refractivity contribution in [2.75, 3.05) is 13.7 Å². The van der Waals surface area contributed by atoms with Crippen LogP contribution < -0.4 is 5.32 Å². The maximum atomic E-state index is 13.1. The van der Waals surface area contributed by atoms with E-state index < -0.39 is 42.8 Å². The highest BCUT2D eigenvalue weighted by Crippen LogP contribution is 2.25. The first-order valence-corrected chi connectivity index (χ1v) is 11.8. The summed E-state index contributed by atoms with van der Waals surface area (Å²) < 4.78 is 10.8. The number of hydrogen-bond donors (Lipinski definition) is 4. The van der Waals surface area contributed by atoms with Crippen LogP contribution >= 0.6 is 0 Å². The summed E-state index contributed by atoms with van der Waals surface area (Å²) in [6, 6.07) is 4.57. The molecule has 0 fully saturated rings. The SMILES string of the molecule is CO/N=C\C=C/C(=O)N/C=C/CC1CC(=O)OC(CO)/C=C/C(O)/C(C)=C\Cc2cccc(O)c2C(=O)O1. The lowest BCUT2D eigenvalue weighted by Crippen LogP contribution is -2.27. The minimum absolute atomic E-state index is 0.0241. The van der Waals surface area contributed by atoms with E-state index in [0.29, 0.717) is 11.1 Å². The number of fused-ring (bicyclic) bond motifs is 1. The first-order valence-electron chi connectivity index (χ1n) is 11.8. The van der Waals surface area contributed by atoms with Gasteiger partial charge < -0.3 is 34.9 Å². The Morgan fingerprint density at radius 1 is 1.26 bits per heavy atom. The Morgan fingerprint density at radius 2 is 2.05 bits per heavy atom. The summed E-state index contributed by atoms with van der Waals surface area (Å²) in [4.78, 5) is 41.9. The quantitative estimate of drug-likeness (QED) is 0.136. The summed E-state index contributed by atoms with van der Waals surface area (Å²) in [7, 11) is 1.37. The van der Waals surface area contributed by atoms with E-state index in [1.165, 1.54) is 56.0 Å². The number of ether oxygens (including phenoxy) is 2. The molecule has 11 nitrogen and oxygen atoms in total. The number of cyclic esters (lactones) is 2. The molecule has 1 aliphatic rings. The number of oxime groups is 1. The molecule has 3 unspecified atom stereocenters. The summed E-state index contributed by atoms with van der Waals surface area (Å²) in [6.45, 7) is 1.16. The second kappa shape index (κ2) is 15.8. The molecule has 2 rings (SSSR count). The fourth-order valence-electron chi connectivity index (χ4n) is 3.32. The van der Waals surface area contributed by atoms with E-state index in [9.17, 15) is 29.7 Å². The second-order valence-corrected chi connectivity index (χ2v) is 8.18. The molecule has 0 saturated heterocycles. The molecule has 1 aromatic rings. The predicted molar refractivity (Wildman–Crippen MR) is 138 cm³/mol. The number of amides is 1. The summed E-state index contributed by atoms with van der Waals surface area (Å²) in [5, 5.41) is 36.3. The zero-order valence-electron chi connectivity index (χ0n) is 21.1. The van der Waals surface area contributed by atoms with Crippen LogP contribution in [0.25, 0.3) is 0 Å². The number of carbonyl (C=O) groups excluding carboxylic acids is 3. The molecule has 1 aromatic carbocycles. The van der Waals surface area contributed by atoms with Crippen molar-refractivity contribution in [2.24, 2.45) is 5.16 Å². The van der Waals surface area contributed by atoms with Gasteiger partial charge in [-0.25, -0.2) is 4.79 Å². The molecule has 0 bridgehead atoms. The summed E-state index contributed by atoms with van der Waals surface area (Å²) in [6.07, 6.45) is 7.96. The maximum absolute atomic E-state index is 13.1. The first-order chi connectivity index (χ1) is 18.2. The summed E-state index contributed by atoms with van der Waals surface area (Å²) >= 11 is 0. The maximum Gasteiger partial charge on any atom is 0.342 e. The van der Waals surface area contributed by atoms with Crippen molar-refractivity contribution in [2.45, 2.75) is 44.5 Å². The van der Waals surface area contributed by atoms with Gasteiger partial charge >= 0.3 is 11.9 Å². The zero-order valence-corrected chi connectivity index (χ0v) is 21.1. The van der Waals surface area contributed by atoms with Gasteiger partial charge in [0, 0.05) is 18.7 Å². The van der Waals surface area contributed by atoms with Crippen molar-refractivity contribution in [3.05, 3.63) is 77.6 Å². The van der Waals surface area contributed by atoms with Gasteiger partial charge in [0.1, 0.15) is 30.6 Å². The summed E-state index contributed by atoms with van der Waals surface area (Å²) in [5.74, 6) is -2.37. The molecule has 1 amide bonds. The van der Waals surface area contributed by atoms with Crippen LogP contribution in [-0.2, 0) is 30.3 Å². The Kier molecular flexibility index (Phi) is 12.5. The Hall–Kier alpha value is -4.22. The number of allylic oxidation sites excluding steroid dienone is 2. The molecular weight excluding hydrogens is 496 g/mol. The number of aliphatic hydroxyl groups is 2. The highest BCUT2D eigenvalue weighted by Gasteiger charge is 2.25.